The lowest BCUT2D eigenvalue weighted by atomic mass is 10.1. The molecule has 1 N–H and O–H groups in total. The zero-order valence-electron chi connectivity index (χ0n) is 19.9. The Kier molecular flexibility index (Phi) is 6.75. The normalized spacial score (nSPS) is 11.1. The highest BCUT2D eigenvalue weighted by Crippen LogP contribution is 2.26. The maximum atomic E-state index is 12.7. The number of nitrogens with zero attached hydrogens (tertiary/aromatic N) is 2. The van der Waals surface area contributed by atoms with E-state index in [4.69, 9.17) is 4.74 Å². The van der Waals surface area contributed by atoms with Crippen molar-refractivity contribution in [1.29, 1.82) is 0 Å². The summed E-state index contributed by atoms with van der Waals surface area (Å²) < 4.78 is 8.38. The molecular formula is C30H29N3O2. The van der Waals surface area contributed by atoms with Crippen LogP contribution in [-0.4, -0.2) is 22.0 Å². The number of rotatable bonds is 9. The Morgan fingerprint density at radius 2 is 1.80 bits per heavy atom. The Bertz CT molecular complexity index is 1450. The number of carbonyl (C=O) groups is 1. The second-order valence-corrected chi connectivity index (χ2v) is 8.70. The van der Waals surface area contributed by atoms with Crippen molar-refractivity contribution in [1.82, 2.24) is 14.9 Å². The molecule has 0 saturated carbocycles. The lowest BCUT2D eigenvalue weighted by Gasteiger charge is -2.14. The van der Waals surface area contributed by atoms with Gasteiger partial charge in [0, 0.05) is 34.6 Å². The van der Waals surface area contributed by atoms with Crippen LogP contribution in [0.15, 0.2) is 91.1 Å². The first-order valence-electron chi connectivity index (χ1n) is 12.1. The fourth-order valence-corrected chi connectivity index (χ4v) is 4.40. The number of amides is 1. The van der Waals surface area contributed by atoms with Crippen molar-refractivity contribution < 1.29 is 9.53 Å². The molecule has 0 saturated heterocycles. The van der Waals surface area contributed by atoms with Gasteiger partial charge in [-0.25, -0.2) is 0 Å². The van der Waals surface area contributed by atoms with Crippen LogP contribution >= 0.6 is 0 Å². The summed E-state index contributed by atoms with van der Waals surface area (Å²) in [6.07, 6.45) is 3.86. The van der Waals surface area contributed by atoms with E-state index in [1.165, 1.54) is 0 Å². The zero-order chi connectivity index (χ0) is 24.0. The van der Waals surface area contributed by atoms with Crippen molar-refractivity contribution in [3.05, 3.63) is 108 Å². The molecule has 0 aliphatic rings. The highest BCUT2D eigenvalue weighted by Gasteiger charge is 2.14. The van der Waals surface area contributed by atoms with Crippen molar-refractivity contribution in [2.24, 2.45) is 0 Å². The molecule has 1 amide bonds. The van der Waals surface area contributed by atoms with Gasteiger partial charge in [-0.2, -0.15) is 0 Å². The molecule has 3 aromatic carbocycles. The van der Waals surface area contributed by atoms with Crippen LogP contribution in [0, 0.1) is 0 Å². The number of fused-ring (bicyclic) bond motifs is 2. The molecule has 0 fully saturated rings. The molecule has 0 bridgehead atoms. The number of hydrogen-bond donors (Lipinski definition) is 1. The van der Waals surface area contributed by atoms with Crippen molar-refractivity contribution in [2.75, 3.05) is 6.54 Å². The average molecular weight is 464 g/mol. The number of aromatic nitrogens is 2. The Labute approximate surface area is 205 Å². The first-order valence-corrected chi connectivity index (χ1v) is 12.1. The number of ether oxygens (including phenoxy) is 1. The van der Waals surface area contributed by atoms with Gasteiger partial charge in [0.05, 0.1) is 17.8 Å². The molecule has 176 valence electrons. The van der Waals surface area contributed by atoms with Gasteiger partial charge in [0.2, 0.25) is 0 Å². The van der Waals surface area contributed by atoms with E-state index in [-0.39, 0.29) is 5.91 Å². The third-order valence-corrected chi connectivity index (χ3v) is 6.24. The van der Waals surface area contributed by atoms with Crippen LogP contribution in [0.5, 0.6) is 5.75 Å². The molecule has 5 heteroatoms. The number of carbonyl (C=O) groups excluding carboxylic acids is 1. The molecule has 2 heterocycles. The van der Waals surface area contributed by atoms with Gasteiger partial charge >= 0.3 is 0 Å². The van der Waals surface area contributed by atoms with Crippen LogP contribution < -0.4 is 10.1 Å². The molecule has 35 heavy (non-hydrogen) atoms. The smallest absolute Gasteiger partial charge is 0.251 e. The fraction of sp³-hybridized carbons (Fsp3) is 0.200. The van der Waals surface area contributed by atoms with Crippen molar-refractivity contribution in [3.63, 3.8) is 0 Å². The molecule has 5 rings (SSSR count). The Balaban J connectivity index is 1.51. The minimum absolute atomic E-state index is 0.0339. The predicted octanol–water partition coefficient (Wildman–Crippen LogP) is 6.35. The maximum absolute atomic E-state index is 12.7. The highest BCUT2D eigenvalue weighted by atomic mass is 16.5. The number of pyridine rings is 1. The monoisotopic (exact) mass is 463 g/mol. The van der Waals surface area contributed by atoms with Crippen LogP contribution in [0.25, 0.3) is 21.8 Å². The quantitative estimate of drug-likeness (QED) is 0.259. The van der Waals surface area contributed by atoms with E-state index in [0.717, 1.165) is 51.7 Å². The first kappa shape index (κ1) is 22.7. The molecule has 0 aliphatic carbocycles. The van der Waals surface area contributed by atoms with Crippen molar-refractivity contribution >= 4 is 27.7 Å². The first-order chi connectivity index (χ1) is 17.2. The minimum Gasteiger partial charge on any atom is -0.487 e. The average Bonchev–Trinajstić information content (AvgIpc) is 3.24. The summed E-state index contributed by atoms with van der Waals surface area (Å²) in [6, 6.07) is 28.2. The van der Waals surface area contributed by atoms with E-state index in [1.54, 1.807) is 0 Å². The van der Waals surface area contributed by atoms with Crippen LogP contribution in [0.2, 0.25) is 0 Å². The highest BCUT2D eigenvalue weighted by molar-refractivity contribution is 5.98. The third kappa shape index (κ3) is 5.04. The second-order valence-electron chi connectivity index (χ2n) is 8.70. The number of nitrogens with one attached hydrogen (secondary N) is 1. The Morgan fingerprint density at radius 3 is 2.66 bits per heavy atom. The topological polar surface area (TPSA) is 56.1 Å². The number of benzene rings is 3. The summed E-state index contributed by atoms with van der Waals surface area (Å²) in [6.45, 7) is 3.90. The van der Waals surface area contributed by atoms with E-state index in [1.807, 2.05) is 60.8 Å². The molecule has 2 aromatic heterocycles. The van der Waals surface area contributed by atoms with E-state index >= 15 is 0 Å². The number of hydrogen-bond acceptors (Lipinski definition) is 3. The van der Waals surface area contributed by atoms with Gasteiger partial charge in [-0.1, -0.05) is 55.8 Å². The molecule has 0 unspecified atom stereocenters. The minimum atomic E-state index is -0.0339. The molecule has 0 aliphatic heterocycles. The van der Waals surface area contributed by atoms with Crippen LogP contribution in [0.4, 0.5) is 0 Å². The van der Waals surface area contributed by atoms with Gasteiger partial charge in [0.25, 0.3) is 5.91 Å². The molecule has 5 nitrogen and oxygen atoms in total. The van der Waals surface area contributed by atoms with Gasteiger partial charge in [0.15, 0.2) is 0 Å². The van der Waals surface area contributed by atoms with Gasteiger partial charge in [-0.3, -0.25) is 9.78 Å². The van der Waals surface area contributed by atoms with Gasteiger partial charge in [-0.15, -0.1) is 0 Å². The summed E-state index contributed by atoms with van der Waals surface area (Å²) in [5.41, 5.74) is 4.92. The van der Waals surface area contributed by atoms with Gasteiger partial charge in [0.1, 0.15) is 12.4 Å². The Hall–Kier alpha value is -4.12. The zero-order valence-corrected chi connectivity index (χ0v) is 19.9. The summed E-state index contributed by atoms with van der Waals surface area (Å²) >= 11 is 0. The van der Waals surface area contributed by atoms with Crippen LogP contribution in [0.3, 0.4) is 0 Å². The van der Waals surface area contributed by atoms with E-state index in [9.17, 15) is 4.79 Å². The van der Waals surface area contributed by atoms with Crippen molar-refractivity contribution in [3.8, 4) is 5.75 Å². The van der Waals surface area contributed by atoms with E-state index in [0.29, 0.717) is 25.3 Å². The summed E-state index contributed by atoms with van der Waals surface area (Å²) in [5.74, 6) is 0.792. The molecule has 0 spiro atoms. The number of unbranched alkanes of at least 4 members (excludes halogenated alkanes) is 1. The second kappa shape index (κ2) is 10.4. The SMILES string of the molecule is CCCCNC(=O)c1ccc2c(c1)cc(COc1ccccc1)n2Cc1cccc2cccnc12. The molecular weight excluding hydrogens is 434 g/mol. The van der Waals surface area contributed by atoms with Crippen LogP contribution in [-0.2, 0) is 13.2 Å². The third-order valence-electron chi connectivity index (χ3n) is 6.24. The fourth-order valence-electron chi connectivity index (χ4n) is 4.40. The largest absolute Gasteiger partial charge is 0.487 e. The molecule has 5 aromatic rings. The van der Waals surface area contributed by atoms with Crippen LogP contribution in [0.1, 0.15) is 41.4 Å². The number of para-hydroxylation sites is 2. The summed E-state index contributed by atoms with van der Waals surface area (Å²) in [7, 11) is 0. The standard InChI is InChI=1S/C30H29N3O2/c1-2-3-16-32-30(34)23-14-15-28-25(18-23)19-26(21-35-27-12-5-4-6-13-27)33(28)20-24-10-7-9-22-11-8-17-31-29(22)24/h4-15,17-19H,2-3,16,20-21H2,1H3,(H,32,34). The maximum Gasteiger partial charge on any atom is 0.251 e. The lowest BCUT2D eigenvalue weighted by Crippen LogP contribution is -2.24. The Morgan fingerprint density at radius 1 is 0.943 bits per heavy atom. The van der Waals surface area contributed by atoms with Crippen molar-refractivity contribution in [2.45, 2.75) is 32.9 Å². The summed E-state index contributed by atoms with van der Waals surface area (Å²) in [5, 5.41) is 5.16. The van der Waals surface area contributed by atoms with Gasteiger partial charge < -0.3 is 14.6 Å². The lowest BCUT2D eigenvalue weighted by molar-refractivity contribution is 0.0953. The van der Waals surface area contributed by atoms with E-state index in [2.05, 4.69) is 52.1 Å². The van der Waals surface area contributed by atoms with E-state index < -0.39 is 0 Å². The molecule has 0 atom stereocenters. The molecule has 0 radical (unpaired) electrons. The predicted molar refractivity (Wildman–Crippen MR) is 141 cm³/mol. The summed E-state index contributed by atoms with van der Waals surface area (Å²) in [4.78, 5) is 17.3. The van der Waals surface area contributed by atoms with Gasteiger partial charge in [-0.05, 0) is 54.4 Å².